The molecule has 0 heterocycles. The van der Waals surface area contributed by atoms with E-state index in [1.807, 2.05) is 25.1 Å². The fourth-order valence-electron chi connectivity index (χ4n) is 1.90. The molecule has 3 heteroatoms. The van der Waals surface area contributed by atoms with Crippen molar-refractivity contribution in [3.63, 3.8) is 0 Å². The zero-order valence-electron chi connectivity index (χ0n) is 12.1. The molecule has 0 aliphatic rings. The number of benzene rings is 2. The van der Waals surface area contributed by atoms with Crippen LogP contribution >= 0.6 is 15.9 Å². The minimum absolute atomic E-state index is 0.697. The number of hydrogen-bond donors (Lipinski definition) is 1. The highest BCUT2D eigenvalue weighted by Gasteiger charge is 2.03. The molecule has 0 aromatic heterocycles. The van der Waals surface area contributed by atoms with Gasteiger partial charge in [0, 0.05) is 4.47 Å². The van der Waals surface area contributed by atoms with Gasteiger partial charge in [0.2, 0.25) is 0 Å². The van der Waals surface area contributed by atoms with Crippen LogP contribution in [0.3, 0.4) is 0 Å². The van der Waals surface area contributed by atoms with Gasteiger partial charge < -0.3 is 5.32 Å². The van der Waals surface area contributed by atoms with Crippen LogP contribution < -0.4 is 5.32 Å². The van der Waals surface area contributed by atoms with E-state index < -0.39 is 0 Å². The molecule has 0 atom stereocenters. The molecule has 0 saturated carbocycles. The van der Waals surface area contributed by atoms with Crippen LogP contribution in [-0.4, -0.2) is 5.84 Å². The van der Waals surface area contributed by atoms with E-state index in [1.165, 1.54) is 16.7 Å². The molecule has 0 amide bonds. The highest BCUT2D eigenvalue weighted by Crippen LogP contribution is 2.26. The molecule has 0 radical (unpaired) electrons. The summed E-state index contributed by atoms with van der Waals surface area (Å²) in [6.45, 7) is 6.91. The Balaban J connectivity index is 2.08. The molecule has 0 aliphatic heterocycles. The first-order valence-electron chi connectivity index (χ1n) is 6.65. The third-order valence-electron chi connectivity index (χ3n) is 3.24. The van der Waals surface area contributed by atoms with E-state index in [4.69, 9.17) is 0 Å². The molecule has 2 nitrogen and oxygen atoms in total. The van der Waals surface area contributed by atoms with Gasteiger partial charge in [-0.3, -0.25) is 4.99 Å². The lowest BCUT2D eigenvalue weighted by molar-refractivity contribution is 1.06. The molecule has 2 rings (SSSR count). The van der Waals surface area contributed by atoms with Crippen LogP contribution in [0.25, 0.3) is 0 Å². The van der Waals surface area contributed by atoms with E-state index >= 15 is 0 Å². The molecule has 0 saturated heterocycles. The van der Waals surface area contributed by atoms with Crippen LogP contribution in [0.1, 0.15) is 23.6 Å². The zero-order valence-corrected chi connectivity index (χ0v) is 13.7. The molecular weight excluding hydrogens is 312 g/mol. The lowest BCUT2D eigenvalue weighted by Crippen LogP contribution is -2.08. The number of halogens is 1. The van der Waals surface area contributed by atoms with Crippen molar-refractivity contribution in [3.8, 4) is 0 Å². The predicted octanol–water partition coefficient (Wildman–Crippen LogP) is 5.10. The first kappa shape index (κ1) is 14.8. The normalized spacial score (nSPS) is 11.5. The summed E-state index contributed by atoms with van der Waals surface area (Å²) in [6.07, 6.45) is 0. The molecule has 0 fully saturated rings. The Morgan fingerprint density at radius 3 is 2.45 bits per heavy atom. The molecule has 1 N–H and O–H groups in total. The second-order valence-corrected chi connectivity index (χ2v) is 5.78. The van der Waals surface area contributed by atoms with E-state index in [0.29, 0.717) is 6.54 Å². The summed E-state index contributed by atoms with van der Waals surface area (Å²) < 4.78 is 1.06. The van der Waals surface area contributed by atoms with E-state index in [9.17, 15) is 0 Å². The maximum atomic E-state index is 4.57. The van der Waals surface area contributed by atoms with E-state index in [2.05, 4.69) is 64.4 Å². The maximum Gasteiger partial charge on any atom is 0.0979 e. The maximum absolute atomic E-state index is 4.57. The third-order valence-corrected chi connectivity index (χ3v) is 3.90. The lowest BCUT2D eigenvalue weighted by Gasteiger charge is -2.11. The molecule has 0 spiro atoms. The summed E-state index contributed by atoms with van der Waals surface area (Å²) in [5, 5.41) is 3.35. The molecule has 0 aliphatic carbocycles. The van der Waals surface area contributed by atoms with E-state index in [0.717, 1.165) is 16.0 Å². The fraction of sp³-hybridized carbons (Fsp3) is 0.235. The second kappa shape index (κ2) is 6.71. The first-order chi connectivity index (χ1) is 9.56. The first-order valence-corrected chi connectivity index (χ1v) is 7.44. The van der Waals surface area contributed by atoms with Gasteiger partial charge in [-0.25, -0.2) is 0 Å². The smallest absolute Gasteiger partial charge is 0.0979 e. The van der Waals surface area contributed by atoms with Crippen molar-refractivity contribution < 1.29 is 0 Å². The average molecular weight is 331 g/mol. The largest absolute Gasteiger partial charge is 0.343 e. The topological polar surface area (TPSA) is 24.4 Å². The van der Waals surface area contributed by atoms with E-state index in [1.54, 1.807) is 0 Å². The number of aryl methyl sites for hydroxylation is 2. The molecule has 0 bridgehead atoms. The highest BCUT2D eigenvalue weighted by atomic mass is 79.9. The van der Waals surface area contributed by atoms with Crippen molar-refractivity contribution >= 4 is 27.5 Å². The van der Waals surface area contributed by atoms with Gasteiger partial charge >= 0.3 is 0 Å². The van der Waals surface area contributed by atoms with Crippen molar-refractivity contribution in [1.82, 2.24) is 0 Å². The Hall–Kier alpha value is -1.61. The van der Waals surface area contributed by atoms with Crippen molar-refractivity contribution in [2.45, 2.75) is 27.3 Å². The molecule has 20 heavy (non-hydrogen) atoms. The Kier molecular flexibility index (Phi) is 4.96. The van der Waals surface area contributed by atoms with Crippen molar-refractivity contribution in [1.29, 1.82) is 0 Å². The zero-order chi connectivity index (χ0) is 14.5. The summed E-state index contributed by atoms with van der Waals surface area (Å²) in [5.41, 5.74) is 4.82. The quantitative estimate of drug-likeness (QED) is 0.614. The van der Waals surface area contributed by atoms with Crippen LogP contribution in [0.2, 0.25) is 0 Å². The minimum atomic E-state index is 0.697. The summed E-state index contributed by atoms with van der Waals surface area (Å²) in [7, 11) is 0. The monoisotopic (exact) mass is 330 g/mol. The van der Waals surface area contributed by atoms with Crippen LogP contribution in [0.4, 0.5) is 5.69 Å². The van der Waals surface area contributed by atoms with E-state index in [-0.39, 0.29) is 0 Å². The number of rotatable bonds is 3. The SMILES string of the molecule is CC(=NCc1ccccc1)Nc1cc(C)c(C)cc1Br. The van der Waals surface area contributed by atoms with Gasteiger partial charge in [-0.2, -0.15) is 0 Å². The molecule has 2 aromatic rings. The van der Waals surface area contributed by atoms with Gasteiger partial charge in [0.05, 0.1) is 18.1 Å². The third kappa shape index (κ3) is 3.94. The van der Waals surface area contributed by atoms with Crippen LogP contribution in [0, 0.1) is 13.8 Å². The summed E-state index contributed by atoms with van der Waals surface area (Å²) in [5.74, 6) is 0.915. The second-order valence-electron chi connectivity index (χ2n) is 4.93. The number of nitrogens with one attached hydrogen (secondary N) is 1. The van der Waals surface area contributed by atoms with Crippen molar-refractivity contribution in [2.24, 2.45) is 4.99 Å². The van der Waals surface area contributed by atoms with Gasteiger partial charge in [-0.05, 0) is 65.5 Å². The van der Waals surface area contributed by atoms with Crippen LogP contribution in [0.15, 0.2) is 51.9 Å². The molecular formula is C17H19BrN2. The minimum Gasteiger partial charge on any atom is -0.343 e. The van der Waals surface area contributed by atoms with Gasteiger partial charge in [0.25, 0.3) is 0 Å². The fourth-order valence-corrected chi connectivity index (χ4v) is 2.46. The molecule has 0 unspecified atom stereocenters. The number of nitrogens with zero attached hydrogens (tertiary/aromatic N) is 1. The Morgan fingerprint density at radius 1 is 1.10 bits per heavy atom. The lowest BCUT2D eigenvalue weighted by atomic mass is 10.1. The summed E-state index contributed by atoms with van der Waals surface area (Å²) in [4.78, 5) is 4.57. The molecule has 104 valence electrons. The highest BCUT2D eigenvalue weighted by molar-refractivity contribution is 9.10. The molecule has 2 aromatic carbocycles. The summed E-state index contributed by atoms with van der Waals surface area (Å²) in [6, 6.07) is 14.5. The van der Waals surface area contributed by atoms with Crippen LogP contribution in [0.5, 0.6) is 0 Å². The van der Waals surface area contributed by atoms with Crippen molar-refractivity contribution in [2.75, 3.05) is 5.32 Å². The van der Waals surface area contributed by atoms with Crippen molar-refractivity contribution in [3.05, 3.63) is 63.6 Å². The van der Waals surface area contributed by atoms with Gasteiger partial charge in [-0.15, -0.1) is 0 Å². The Labute approximate surface area is 129 Å². The summed E-state index contributed by atoms with van der Waals surface area (Å²) >= 11 is 3.59. The number of aliphatic imine (C=N–C) groups is 1. The van der Waals surface area contributed by atoms with Gasteiger partial charge in [0.1, 0.15) is 0 Å². The Morgan fingerprint density at radius 2 is 1.75 bits per heavy atom. The van der Waals surface area contributed by atoms with Crippen LogP contribution in [-0.2, 0) is 6.54 Å². The average Bonchev–Trinajstić information content (AvgIpc) is 2.44. The predicted molar refractivity (Wildman–Crippen MR) is 90.5 cm³/mol. The van der Waals surface area contributed by atoms with Gasteiger partial charge in [-0.1, -0.05) is 30.3 Å². The number of amidine groups is 1. The number of hydrogen-bond acceptors (Lipinski definition) is 1. The standard InChI is InChI=1S/C17H19BrN2/c1-12-9-16(18)17(10-13(12)2)20-14(3)19-11-15-7-5-4-6-8-15/h4-10H,11H2,1-3H3,(H,19,20). The van der Waals surface area contributed by atoms with Gasteiger partial charge in [0.15, 0.2) is 0 Å². The number of anilines is 1. The Bertz CT molecular complexity index is 618.